The monoisotopic (exact) mass is 294 g/mol. The normalized spacial score (nSPS) is 11.8. The third-order valence-electron chi connectivity index (χ3n) is 3.05. The van der Waals surface area contributed by atoms with Gasteiger partial charge in [-0.1, -0.05) is 66.7 Å². The largest absolute Gasteiger partial charge is 0.491 e. The molecule has 0 unspecified atom stereocenters. The van der Waals surface area contributed by atoms with Crippen LogP contribution in [0.3, 0.4) is 0 Å². The van der Waals surface area contributed by atoms with E-state index in [1.54, 1.807) is 0 Å². The summed E-state index contributed by atoms with van der Waals surface area (Å²) in [5, 5.41) is 0. The molecule has 0 aliphatic carbocycles. The van der Waals surface area contributed by atoms with Gasteiger partial charge in [-0.3, -0.25) is 0 Å². The molecule has 0 aliphatic heterocycles. The zero-order valence-electron chi connectivity index (χ0n) is 12.9. The summed E-state index contributed by atoms with van der Waals surface area (Å²) in [6, 6.07) is 20.4. The summed E-state index contributed by atoms with van der Waals surface area (Å²) >= 11 is 0. The van der Waals surface area contributed by atoms with Crippen LogP contribution in [-0.2, 0) is 9.47 Å². The van der Waals surface area contributed by atoms with Crippen molar-refractivity contribution in [3.63, 3.8) is 0 Å². The average molecular weight is 294 g/mol. The van der Waals surface area contributed by atoms with E-state index in [4.69, 9.17) is 9.47 Å². The quantitative estimate of drug-likeness (QED) is 0.396. The Morgan fingerprint density at radius 3 is 2.14 bits per heavy atom. The van der Waals surface area contributed by atoms with Crippen LogP contribution in [0.4, 0.5) is 0 Å². The third kappa shape index (κ3) is 5.98. The second-order valence-electron chi connectivity index (χ2n) is 4.75. The van der Waals surface area contributed by atoms with Gasteiger partial charge in [0.25, 0.3) is 0 Å². The maximum Gasteiger partial charge on any atom is 0.120 e. The second kappa shape index (κ2) is 9.59. The highest BCUT2D eigenvalue weighted by Gasteiger charge is 1.96. The first kappa shape index (κ1) is 16.1. The van der Waals surface area contributed by atoms with E-state index in [9.17, 15) is 0 Å². The van der Waals surface area contributed by atoms with Crippen molar-refractivity contribution in [2.75, 3.05) is 19.8 Å². The maximum atomic E-state index is 5.82. The molecule has 2 aromatic rings. The molecule has 0 saturated heterocycles. The predicted octanol–water partition coefficient (Wildman–Crippen LogP) is 4.79. The lowest BCUT2D eigenvalue weighted by Crippen LogP contribution is -2.03. The van der Waals surface area contributed by atoms with Gasteiger partial charge >= 0.3 is 0 Å². The van der Waals surface area contributed by atoms with E-state index in [-0.39, 0.29) is 0 Å². The van der Waals surface area contributed by atoms with Crippen LogP contribution in [-0.4, -0.2) is 19.8 Å². The van der Waals surface area contributed by atoms with Crippen LogP contribution in [0.25, 0.3) is 12.2 Å². The highest BCUT2D eigenvalue weighted by molar-refractivity contribution is 5.59. The predicted molar refractivity (Wildman–Crippen MR) is 92.3 cm³/mol. The van der Waals surface area contributed by atoms with Gasteiger partial charge in [0.05, 0.1) is 6.61 Å². The summed E-state index contributed by atoms with van der Waals surface area (Å²) in [7, 11) is 0. The van der Waals surface area contributed by atoms with Crippen molar-refractivity contribution in [2.24, 2.45) is 0 Å². The molecule has 0 aliphatic rings. The number of hydrogen-bond donors (Lipinski definition) is 0. The summed E-state index contributed by atoms with van der Waals surface area (Å²) in [4.78, 5) is 0. The molecule has 2 aromatic carbocycles. The number of rotatable bonds is 8. The Kier molecular flexibility index (Phi) is 7.00. The molecule has 2 heteroatoms. The molecule has 2 nitrogen and oxygen atoms in total. The SMILES string of the molecule is CCOCCOC(C=Cc1ccccc1)=Cc1ccccc1. The van der Waals surface area contributed by atoms with Crippen molar-refractivity contribution in [2.45, 2.75) is 6.92 Å². The minimum atomic E-state index is 0.547. The van der Waals surface area contributed by atoms with E-state index in [0.29, 0.717) is 19.8 Å². The third-order valence-corrected chi connectivity index (χ3v) is 3.05. The molecule has 0 radical (unpaired) electrons. The van der Waals surface area contributed by atoms with Crippen molar-refractivity contribution < 1.29 is 9.47 Å². The lowest BCUT2D eigenvalue weighted by molar-refractivity contribution is 0.0874. The van der Waals surface area contributed by atoms with Gasteiger partial charge in [-0.05, 0) is 30.2 Å². The van der Waals surface area contributed by atoms with Gasteiger partial charge in [-0.15, -0.1) is 0 Å². The molecule has 0 saturated carbocycles. The highest BCUT2D eigenvalue weighted by atomic mass is 16.5. The van der Waals surface area contributed by atoms with Crippen LogP contribution in [0.15, 0.2) is 72.5 Å². The second-order valence-corrected chi connectivity index (χ2v) is 4.75. The topological polar surface area (TPSA) is 18.5 Å². The van der Waals surface area contributed by atoms with Crippen LogP contribution in [0.2, 0.25) is 0 Å². The number of ether oxygens (including phenoxy) is 2. The first-order valence-electron chi connectivity index (χ1n) is 7.59. The summed E-state index contributed by atoms with van der Waals surface area (Å²) < 4.78 is 11.1. The van der Waals surface area contributed by atoms with Crippen molar-refractivity contribution in [3.8, 4) is 0 Å². The fourth-order valence-electron chi connectivity index (χ4n) is 1.96. The van der Waals surface area contributed by atoms with Gasteiger partial charge in [-0.25, -0.2) is 0 Å². The molecule has 22 heavy (non-hydrogen) atoms. The Morgan fingerprint density at radius 1 is 0.864 bits per heavy atom. The maximum absolute atomic E-state index is 5.82. The smallest absolute Gasteiger partial charge is 0.120 e. The van der Waals surface area contributed by atoms with Crippen LogP contribution in [0.5, 0.6) is 0 Å². The lowest BCUT2D eigenvalue weighted by atomic mass is 10.1. The Morgan fingerprint density at radius 2 is 1.50 bits per heavy atom. The summed E-state index contributed by atoms with van der Waals surface area (Å²) in [5.74, 6) is 0.828. The molecule has 2 rings (SSSR count). The number of benzene rings is 2. The summed E-state index contributed by atoms with van der Waals surface area (Å²) in [6.07, 6.45) is 6.08. The Labute approximate surface area is 132 Å². The van der Waals surface area contributed by atoms with E-state index in [0.717, 1.165) is 16.9 Å². The lowest BCUT2D eigenvalue weighted by Gasteiger charge is -2.07. The van der Waals surface area contributed by atoms with Crippen LogP contribution >= 0.6 is 0 Å². The van der Waals surface area contributed by atoms with Gasteiger partial charge < -0.3 is 9.47 Å². The van der Waals surface area contributed by atoms with Crippen LogP contribution < -0.4 is 0 Å². The molecule has 0 spiro atoms. The minimum absolute atomic E-state index is 0.547. The summed E-state index contributed by atoms with van der Waals surface area (Å²) in [5.41, 5.74) is 2.27. The van der Waals surface area contributed by atoms with E-state index in [1.807, 2.05) is 55.5 Å². The van der Waals surface area contributed by atoms with Crippen molar-refractivity contribution in [3.05, 3.63) is 83.6 Å². The molecule has 0 atom stereocenters. The highest BCUT2D eigenvalue weighted by Crippen LogP contribution is 2.11. The van der Waals surface area contributed by atoms with Gasteiger partial charge in [-0.2, -0.15) is 0 Å². The van der Waals surface area contributed by atoms with E-state index >= 15 is 0 Å². The molecular weight excluding hydrogens is 272 g/mol. The zero-order valence-corrected chi connectivity index (χ0v) is 12.9. The standard InChI is InChI=1S/C20H22O2/c1-2-21-15-16-22-20(17-19-11-7-4-8-12-19)14-13-18-9-5-3-6-10-18/h3-14,17H,2,15-16H2,1H3. The van der Waals surface area contributed by atoms with Crippen molar-refractivity contribution in [1.29, 1.82) is 0 Å². The molecule has 0 amide bonds. The molecule has 0 aromatic heterocycles. The summed E-state index contributed by atoms with van der Waals surface area (Å²) in [6.45, 7) is 3.84. The first-order valence-corrected chi connectivity index (χ1v) is 7.59. The molecule has 0 heterocycles. The van der Waals surface area contributed by atoms with E-state index < -0.39 is 0 Å². The van der Waals surface area contributed by atoms with Gasteiger partial charge in [0.15, 0.2) is 0 Å². The van der Waals surface area contributed by atoms with Gasteiger partial charge in [0.1, 0.15) is 12.4 Å². The average Bonchev–Trinajstić information content (AvgIpc) is 2.58. The van der Waals surface area contributed by atoms with Crippen molar-refractivity contribution >= 4 is 12.2 Å². The first-order chi connectivity index (χ1) is 10.9. The van der Waals surface area contributed by atoms with Gasteiger partial charge in [0.2, 0.25) is 0 Å². The minimum Gasteiger partial charge on any atom is -0.491 e. The zero-order chi connectivity index (χ0) is 15.5. The number of allylic oxidation sites excluding steroid dienone is 1. The molecule has 0 fully saturated rings. The molecule has 114 valence electrons. The fraction of sp³-hybridized carbons (Fsp3) is 0.200. The molecule has 0 bridgehead atoms. The number of hydrogen-bond acceptors (Lipinski definition) is 2. The van der Waals surface area contributed by atoms with Crippen LogP contribution in [0, 0.1) is 0 Å². The molecular formula is C20H22O2. The van der Waals surface area contributed by atoms with Crippen LogP contribution in [0.1, 0.15) is 18.1 Å². The Bertz CT molecular complexity index is 586. The van der Waals surface area contributed by atoms with Gasteiger partial charge in [0, 0.05) is 6.61 Å². The Balaban J connectivity index is 2.07. The van der Waals surface area contributed by atoms with Crippen molar-refractivity contribution in [1.82, 2.24) is 0 Å². The van der Waals surface area contributed by atoms with E-state index in [2.05, 4.69) is 30.3 Å². The fourth-order valence-corrected chi connectivity index (χ4v) is 1.96. The molecule has 0 N–H and O–H groups in total. The van der Waals surface area contributed by atoms with E-state index in [1.165, 1.54) is 0 Å². The Hall–Kier alpha value is -2.32.